The maximum atomic E-state index is 12.4. The summed E-state index contributed by atoms with van der Waals surface area (Å²) in [5.74, 6) is -0.157. The highest BCUT2D eigenvalue weighted by Crippen LogP contribution is 2.31. The molecule has 2 N–H and O–H groups in total. The van der Waals surface area contributed by atoms with Gasteiger partial charge in [0.25, 0.3) is 5.91 Å². The van der Waals surface area contributed by atoms with Gasteiger partial charge in [-0.05, 0) is 37.0 Å². The van der Waals surface area contributed by atoms with Crippen LogP contribution in [0.4, 0.5) is 0 Å². The van der Waals surface area contributed by atoms with E-state index in [9.17, 15) is 9.59 Å². The molecule has 6 heteroatoms. The summed E-state index contributed by atoms with van der Waals surface area (Å²) in [5.41, 5.74) is 1.54. The van der Waals surface area contributed by atoms with Crippen LogP contribution in [0.15, 0.2) is 27.4 Å². The first-order valence-electron chi connectivity index (χ1n) is 7.78. The SMILES string of the molecule is CC1CN(C2CC2)CC1NC(=O)c1ccc2[nH]c(=O)oc2c1. The minimum atomic E-state index is -0.503. The molecule has 1 saturated heterocycles. The van der Waals surface area contributed by atoms with E-state index in [-0.39, 0.29) is 11.9 Å². The minimum absolute atomic E-state index is 0.111. The second-order valence-electron chi connectivity index (χ2n) is 6.47. The van der Waals surface area contributed by atoms with Crippen LogP contribution in [0.3, 0.4) is 0 Å². The Labute approximate surface area is 127 Å². The van der Waals surface area contributed by atoms with Crippen LogP contribution in [0.5, 0.6) is 0 Å². The number of likely N-dealkylation sites (tertiary alicyclic amines) is 1. The number of nitrogens with one attached hydrogen (secondary N) is 2. The van der Waals surface area contributed by atoms with Crippen LogP contribution in [0.1, 0.15) is 30.1 Å². The highest BCUT2D eigenvalue weighted by Gasteiger charge is 2.38. The summed E-state index contributed by atoms with van der Waals surface area (Å²) in [7, 11) is 0. The Morgan fingerprint density at radius 1 is 1.36 bits per heavy atom. The van der Waals surface area contributed by atoms with E-state index in [1.54, 1.807) is 18.2 Å². The third-order valence-corrected chi connectivity index (χ3v) is 4.70. The first kappa shape index (κ1) is 13.6. The normalized spacial score (nSPS) is 25.7. The van der Waals surface area contributed by atoms with Crippen LogP contribution < -0.4 is 11.1 Å². The molecule has 2 unspecified atom stereocenters. The number of aromatic amines is 1. The van der Waals surface area contributed by atoms with Gasteiger partial charge in [0.15, 0.2) is 5.58 Å². The summed E-state index contributed by atoms with van der Waals surface area (Å²) in [6, 6.07) is 5.93. The van der Waals surface area contributed by atoms with Gasteiger partial charge in [-0.2, -0.15) is 0 Å². The molecular formula is C16H19N3O3. The zero-order valence-electron chi connectivity index (χ0n) is 12.5. The maximum Gasteiger partial charge on any atom is 0.417 e. The van der Waals surface area contributed by atoms with Gasteiger partial charge < -0.3 is 9.73 Å². The Hall–Kier alpha value is -2.08. The molecule has 1 aliphatic heterocycles. The Morgan fingerprint density at radius 2 is 2.18 bits per heavy atom. The Bertz CT molecular complexity index is 774. The number of fused-ring (bicyclic) bond motifs is 1. The van der Waals surface area contributed by atoms with Crippen molar-refractivity contribution in [2.75, 3.05) is 13.1 Å². The molecule has 2 heterocycles. The average molecular weight is 301 g/mol. The number of hydrogen-bond acceptors (Lipinski definition) is 4. The van der Waals surface area contributed by atoms with E-state index in [2.05, 4.69) is 22.1 Å². The molecule has 6 nitrogen and oxygen atoms in total. The van der Waals surface area contributed by atoms with Gasteiger partial charge in [-0.1, -0.05) is 6.92 Å². The number of rotatable bonds is 3. The lowest BCUT2D eigenvalue weighted by Gasteiger charge is -2.17. The fourth-order valence-corrected chi connectivity index (χ4v) is 3.27. The van der Waals surface area contributed by atoms with Gasteiger partial charge in [0, 0.05) is 30.7 Å². The van der Waals surface area contributed by atoms with E-state index >= 15 is 0 Å². The van der Waals surface area contributed by atoms with Crippen LogP contribution in [-0.2, 0) is 0 Å². The zero-order valence-corrected chi connectivity index (χ0v) is 12.5. The fraction of sp³-hybridized carbons (Fsp3) is 0.500. The second kappa shape index (κ2) is 4.98. The molecule has 116 valence electrons. The first-order valence-corrected chi connectivity index (χ1v) is 7.78. The summed E-state index contributed by atoms with van der Waals surface area (Å²) in [5, 5.41) is 3.12. The summed E-state index contributed by atoms with van der Waals surface area (Å²) >= 11 is 0. The van der Waals surface area contributed by atoms with E-state index in [4.69, 9.17) is 4.42 Å². The molecule has 22 heavy (non-hydrogen) atoms. The van der Waals surface area contributed by atoms with Gasteiger partial charge in [0.05, 0.1) is 5.52 Å². The molecule has 2 fully saturated rings. The van der Waals surface area contributed by atoms with Crippen molar-refractivity contribution >= 4 is 17.0 Å². The molecule has 2 aromatic rings. The molecule has 1 amide bonds. The highest BCUT2D eigenvalue weighted by molar-refractivity contribution is 5.97. The molecule has 4 rings (SSSR count). The number of nitrogens with zero attached hydrogens (tertiary/aromatic N) is 1. The molecule has 1 aliphatic carbocycles. The Morgan fingerprint density at radius 3 is 2.95 bits per heavy atom. The first-order chi connectivity index (χ1) is 10.6. The van der Waals surface area contributed by atoms with E-state index in [0.29, 0.717) is 22.6 Å². The highest BCUT2D eigenvalue weighted by atomic mass is 16.4. The lowest BCUT2D eigenvalue weighted by atomic mass is 10.1. The molecular weight excluding hydrogens is 282 g/mol. The van der Waals surface area contributed by atoms with Crippen molar-refractivity contribution in [3.63, 3.8) is 0 Å². The fourth-order valence-electron chi connectivity index (χ4n) is 3.27. The number of benzene rings is 1. The number of carbonyl (C=O) groups excluding carboxylic acids is 1. The Kier molecular flexibility index (Phi) is 3.07. The Balaban J connectivity index is 1.49. The number of hydrogen-bond donors (Lipinski definition) is 2. The van der Waals surface area contributed by atoms with E-state index in [0.717, 1.165) is 19.1 Å². The van der Waals surface area contributed by atoms with E-state index in [1.807, 2.05) is 0 Å². The molecule has 0 spiro atoms. The molecule has 1 aromatic heterocycles. The number of amides is 1. The van der Waals surface area contributed by atoms with Crippen LogP contribution in [0, 0.1) is 5.92 Å². The number of oxazole rings is 1. The van der Waals surface area contributed by atoms with Crippen LogP contribution in [-0.4, -0.2) is 41.0 Å². The molecule has 1 saturated carbocycles. The minimum Gasteiger partial charge on any atom is -0.408 e. The lowest BCUT2D eigenvalue weighted by molar-refractivity contribution is 0.0931. The third-order valence-electron chi connectivity index (χ3n) is 4.70. The molecule has 0 radical (unpaired) electrons. The van der Waals surface area contributed by atoms with Crippen molar-refractivity contribution in [1.82, 2.24) is 15.2 Å². The van der Waals surface area contributed by atoms with Crippen molar-refractivity contribution in [2.45, 2.75) is 31.8 Å². The molecule has 2 aliphatic rings. The quantitative estimate of drug-likeness (QED) is 0.896. The monoisotopic (exact) mass is 301 g/mol. The standard InChI is InChI=1S/C16H19N3O3/c1-9-7-19(11-3-4-11)8-13(9)17-15(20)10-2-5-12-14(6-10)22-16(21)18-12/h2,5-6,9,11,13H,3-4,7-8H2,1H3,(H,17,20)(H,18,21). The van der Waals surface area contributed by atoms with E-state index < -0.39 is 5.76 Å². The topological polar surface area (TPSA) is 78.3 Å². The molecule has 2 atom stereocenters. The smallest absolute Gasteiger partial charge is 0.408 e. The van der Waals surface area contributed by atoms with Crippen LogP contribution in [0.25, 0.3) is 11.1 Å². The average Bonchev–Trinajstić information content (AvgIpc) is 3.17. The number of H-pyrrole nitrogens is 1. The van der Waals surface area contributed by atoms with Crippen molar-refractivity contribution in [3.8, 4) is 0 Å². The predicted molar refractivity (Wildman–Crippen MR) is 81.8 cm³/mol. The van der Waals surface area contributed by atoms with Crippen molar-refractivity contribution in [3.05, 3.63) is 34.3 Å². The summed E-state index contributed by atoms with van der Waals surface area (Å²) in [4.78, 5) is 28.6. The van der Waals surface area contributed by atoms with Gasteiger partial charge in [0.2, 0.25) is 0 Å². The molecule has 0 bridgehead atoms. The predicted octanol–water partition coefficient (Wildman–Crippen LogP) is 1.33. The van der Waals surface area contributed by atoms with Crippen molar-refractivity contribution < 1.29 is 9.21 Å². The van der Waals surface area contributed by atoms with Gasteiger partial charge in [0.1, 0.15) is 0 Å². The van der Waals surface area contributed by atoms with Gasteiger partial charge in [-0.15, -0.1) is 0 Å². The number of carbonyl (C=O) groups is 1. The summed E-state index contributed by atoms with van der Waals surface area (Å²) < 4.78 is 5.01. The third kappa shape index (κ3) is 2.43. The zero-order chi connectivity index (χ0) is 15.3. The lowest BCUT2D eigenvalue weighted by Crippen LogP contribution is -2.40. The van der Waals surface area contributed by atoms with Gasteiger partial charge >= 0.3 is 5.76 Å². The van der Waals surface area contributed by atoms with Crippen molar-refractivity contribution in [2.24, 2.45) is 5.92 Å². The second-order valence-corrected chi connectivity index (χ2v) is 6.47. The maximum absolute atomic E-state index is 12.4. The van der Waals surface area contributed by atoms with Gasteiger partial charge in [-0.3, -0.25) is 14.7 Å². The van der Waals surface area contributed by atoms with E-state index in [1.165, 1.54) is 12.8 Å². The summed E-state index contributed by atoms with van der Waals surface area (Å²) in [6.07, 6.45) is 2.58. The largest absolute Gasteiger partial charge is 0.417 e. The van der Waals surface area contributed by atoms with Crippen LogP contribution in [0.2, 0.25) is 0 Å². The van der Waals surface area contributed by atoms with Gasteiger partial charge in [-0.25, -0.2) is 4.79 Å². The number of aromatic nitrogens is 1. The molecule has 1 aromatic carbocycles. The summed E-state index contributed by atoms with van der Waals surface area (Å²) in [6.45, 7) is 4.17. The van der Waals surface area contributed by atoms with Crippen LogP contribution >= 0.6 is 0 Å². The van der Waals surface area contributed by atoms with Crippen molar-refractivity contribution in [1.29, 1.82) is 0 Å².